The number of aromatic nitrogens is 3. The van der Waals surface area contributed by atoms with Gasteiger partial charge < -0.3 is 9.67 Å². The molecule has 0 aromatic carbocycles. The normalized spacial score (nSPS) is 13.6. The van der Waals surface area contributed by atoms with Gasteiger partial charge in [0.05, 0.1) is 12.6 Å². The standard InChI is InChI=1S/C12H24N4O/c1-9(2)12-14-13-11(16(12)5)8-15(4)7-6-10(3)17/h9-10,17H,6-8H2,1-5H3. The van der Waals surface area contributed by atoms with E-state index in [1.165, 1.54) is 0 Å². The predicted molar refractivity (Wildman–Crippen MR) is 67.7 cm³/mol. The zero-order valence-electron chi connectivity index (χ0n) is 11.5. The fourth-order valence-corrected chi connectivity index (χ4v) is 1.74. The highest BCUT2D eigenvalue weighted by Gasteiger charge is 2.13. The Morgan fingerprint density at radius 2 is 1.94 bits per heavy atom. The van der Waals surface area contributed by atoms with Crippen LogP contribution in [-0.4, -0.2) is 44.5 Å². The minimum Gasteiger partial charge on any atom is -0.393 e. The Hall–Kier alpha value is -0.940. The van der Waals surface area contributed by atoms with Crippen LogP contribution in [0.25, 0.3) is 0 Å². The van der Waals surface area contributed by atoms with Crippen molar-refractivity contribution in [1.82, 2.24) is 19.7 Å². The van der Waals surface area contributed by atoms with Crippen molar-refractivity contribution < 1.29 is 5.11 Å². The van der Waals surface area contributed by atoms with Crippen LogP contribution in [0.4, 0.5) is 0 Å². The second-order valence-corrected chi connectivity index (χ2v) is 5.06. The van der Waals surface area contributed by atoms with Crippen LogP contribution in [0.2, 0.25) is 0 Å². The number of nitrogens with zero attached hydrogens (tertiary/aromatic N) is 4. The molecule has 5 heteroatoms. The average Bonchev–Trinajstić information content (AvgIpc) is 2.58. The van der Waals surface area contributed by atoms with E-state index < -0.39 is 0 Å². The van der Waals surface area contributed by atoms with Crippen LogP contribution in [0, 0.1) is 0 Å². The molecule has 0 saturated carbocycles. The monoisotopic (exact) mass is 240 g/mol. The summed E-state index contributed by atoms with van der Waals surface area (Å²) >= 11 is 0. The van der Waals surface area contributed by atoms with Crippen molar-refractivity contribution in [3.8, 4) is 0 Å². The average molecular weight is 240 g/mol. The van der Waals surface area contributed by atoms with Crippen molar-refractivity contribution in [3.63, 3.8) is 0 Å². The summed E-state index contributed by atoms with van der Waals surface area (Å²) in [5, 5.41) is 17.7. The van der Waals surface area contributed by atoms with Gasteiger partial charge in [0.2, 0.25) is 0 Å². The molecule has 1 atom stereocenters. The summed E-state index contributed by atoms with van der Waals surface area (Å²) in [5.74, 6) is 2.38. The maximum Gasteiger partial charge on any atom is 0.146 e. The van der Waals surface area contributed by atoms with Gasteiger partial charge in [0.1, 0.15) is 11.6 Å². The van der Waals surface area contributed by atoms with E-state index in [0.717, 1.165) is 31.2 Å². The van der Waals surface area contributed by atoms with Crippen molar-refractivity contribution in [2.75, 3.05) is 13.6 Å². The van der Waals surface area contributed by atoms with Gasteiger partial charge in [-0.1, -0.05) is 13.8 Å². The van der Waals surface area contributed by atoms with Crippen LogP contribution in [-0.2, 0) is 13.6 Å². The Balaban J connectivity index is 2.56. The van der Waals surface area contributed by atoms with E-state index in [4.69, 9.17) is 0 Å². The summed E-state index contributed by atoms with van der Waals surface area (Å²) in [7, 11) is 4.04. The lowest BCUT2D eigenvalue weighted by Crippen LogP contribution is -2.23. The van der Waals surface area contributed by atoms with Gasteiger partial charge in [0, 0.05) is 19.5 Å². The number of aliphatic hydroxyl groups excluding tert-OH is 1. The Kier molecular flexibility index (Phi) is 5.08. The molecular formula is C12H24N4O. The Labute approximate surface area is 103 Å². The van der Waals surface area contributed by atoms with Gasteiger partial charge in [0.15, 0.2) is 0 Å². The molecule has 0 aliphatic rings. The molecule has 17 heavy (non-hydrogen) atoms. The van der Waals surface area contributed by atoms with E-state index in [-0.39, 0.29) is 6.10 Å². The third-order valence-corrected chi connectivity index (χ3v) is 2.86. The Morgan fingerprint density at radius 1 is 1.29 bits per heavy atom. The highest BCUT2D eigenvalue weighted by Crippen LogP contribution is 2.12. The zero-order chi connectivity index (χ0) is 13.0. The van der Waals surface area contributed by atoms with E-state index in [0.29, 0.717) is 5.92 Å². The summed E-state index contributed by atoms with van der Waals surface area (Å²) in [6, 6.07) is 0. The van der Waals surface area contributed by atoms with E-state index in [1.54, 1.807) is 0 Å². The maximum atomic E-state index is 9.24. The molecule has 0 spiro atoms. The molecule has 0 bridgehead atoms. The minimum absolute atomic E-state index is 0.247. The molecule has 0 radical (unpaired) electrons. The Bertz CT molecular complexity index is 346. The second-order valence-electron chi connectivity index (χ2n) is 5.06. The first-order chi connectivity index (χ1) is 7.91. The van der Waals surface area contributed by atoms with Gasteiger partial charge in [-0.15, -0.1) is 10.2 Å². The zero-order valence-corrected chi connectivity index (χ0v) is 11.5. The molecule has 1 heterocycles. The van der Waals surface area contributed by atoms with Crippen molar-refractivity contribution in [3.05, 3.63) is 11.6 Å². The van der Waals surface area contributed by atoms with Crippen LogP contribution in [0.15, 0.2) is 0 Å². The first-order valence-electron chi connectivity index (χ1n) is 6.16. The molecule has 1 unspecified atom stereocenters. The summed E-state index contributed by atoms with van der Waals surface area (Å²) in [5.41, 5.74) is 0. The molecule has 5 nitrogen and oxygen atoms in total. The van der Waals surface area contributed by atoms with Gasteiger partial charge in [-0.3, -0.25) is 4.90 Å². The highest BCUT2D eigenvalue weighted by atomic mass is 16.3. The predicted octanol–water partition coefficient (Wildman–Crippen LogP) is 1.14. The van der Waals surface area contributed by atoms with Gasteiger partial charge in [-0.25, -0.2) is 0 Å². The van der Waals surface area contributed by atoms with Gasteiger partial charge in [-0.05, 0) is 20.4 Å². The minimum atomic E-state index is -0.247. The highest BCUT2D eigenvalue weighted by molar-refractivity contribution is 4.98. The lowest BCUT2D eigenvalue weighted by molar-refractivity contribution is 0.161. The number of aliphatic hydroxyl groups is 1. The molecule has 1 rings (SSSR count). The molecule has 98 valence electrons. The summed E-state index contributed by atoms with van der Waals surface area (Å²) in [6.45, 7) is 7.67. The number of hydrogen-bond acceptors (Lipinski definition) is 4. The van der Waals surface area contributed by atoms with E-state index >= 15 is 0 Å². The lowest BCUT2D eigenvalue weighted by Gasteiger charge is -2.17. The van der Waals surface area contributed by atoms with Crippen LogP contribution >= 0.6 is 0 Å². The van der Waals surface area contributed by atoms with Crippen molar-refractivity contribution in [2.24, 2.45) is 7.05 Å². The van der Waals surface area contributed by atoms with Crippen LogP contribution in [0.1, 0.15) is 44.8 Å². The largest absolute Gasteiger partial charge is 0.393 e. The van der Waals surface area contributed by atoms with Crippen LogP contribution in [0.3, 0.4) is 0 Å². The topological polar surface area (TPSA) is 54.2 Å². The first kappa shape index (κ1) is 14.1. The molecule has 0 aliphatic carbocycles. The van der Waals surface area contributed by atoms with Gasteiger partial charge in [0.25, 0.3) is 0 Å². The van der Waals surface area contributed by atoms with E-state index in [1.807, 2.05) is 21.0 Å². The molecule has 1 N–H and O–H groups in total. The van der Waals surface area contributed by atoms with Gasteiger partial charge in [-0.2, -0.15) is 0 Å². The summed E-state index contributed by atoms with van der Waals surface area (Å²) in [6.07, 6.45) is 0.536. The third kappa shape index (κ3) is 4.09. The molecule has 0 saturated heterocycles. The second kappa shape index (κ2) is 6.12. The smallest absolute Gasteiger partial charge is 0.146 e. The molecule has 1 aromatic rings. The third-order valence-electron chi connectivity index (χ3n) is 2.86. The number of rotatable bonds is 6. The van der Waals surface area contributed by atoms with Crippen molar-refractivity contribution in [2.45, 2.75) is 45.8 Å². The van der Waals surface area contributed by atoms with Crippen LogP contribution in [0.5, 0.6) is 0 Å². The fraction of sp³-hybridized carbons (Fsp3) is 0.833. The lowest BCUT2D eigenvalue weighted by atomic mass is 10.2. The first-order valence-corrected chi connectivity index (χ1v) is 6.16. The summed E-state index contributed by atoms with van der Waals surface area (Å²) < 4.78 is 2.06. The molecular weight excluding hydrogens is 216 g/mol. The van der Waals surface area contributed by atoms with Crippen molar-refractivity contribution >= 4 is 0 Å². The number of hydrogen-bond donors (Lipinski definition) is 1. The molecule has 0 fully saturated rings. The maximum absolute atomic E-state index is 9.24. The SMILES string of the molecule is CC(O)CCN(C)Cc1nnc(C(C)C)n1C. The molecule has 0 amide bonds. The van der Waals surface area contributed by atoms with Crippen LogP contribution < -0.4 is 0 Å². The van der Waals surface area contributed by atoms with Crippen molar-refractivity contribution in [1.29, 1.82) is 0 Å². The Morgan fingerprint density at radius 3 is 2.41 bits per heavy atom. The molecule has 1 aromatic heterocycles. The summed E-state index contributed by atoms with van der Waals surface area (Å²) in [4.78, 5) is 2.15. The van der Waals surface area contributed by atoms with E-state index in [2.05, 4.69) is 33.5 Å². The van der Waals surface area contributed by atoms with E-state index in [9.17, 15) is 5.11 Å². The van der Waals surface area contributed by atoms with Gasteiger partial charge >= 0.3 is 0 Å². The fourth-order valence-electron chi connectivity index (χ4n) is 1.74. The molecule has 0 aliphatic heterocycles. The quantitative estimate of drug-likeness (QED) is 0.810.